The Bertz CT molecular complexity index is 574. The highest BCUT2D eigenvalue weighted by Gasteiger charge is 2.26. The number of carbonyl (C=O) groups is 4. The van der Waals surface area contributed by atoms with Crippen molar-refractivity contribution in [2.24, 2.45) is 5.73 Å². The minimum absolute atomic E-state index is 0.267. The molecule has 0 aromatic rings. The topological polar surface area (TPSA) is 213 Å². The van der Waals surface area contributed by atoms with E-state index < -0.39 is 64.7 Å². The van der Waals surface area contributed by atoms with Crippen LogP contribution in [0.2, 0.25) is 0 Å². The second-order valence-electron chi connectivity index (χ2n) is 4.46. The molecule has 0 fully saturated rings. The van der Waals surface area contributed by atoms with Gasteiger partial charge in [-0.3, -0.25) is 23.7 Å². The fourth-order valence-electron chi connectivity index (χ4n) is 1.36. The molecule has 7 N–H and O–H groups in total. The van der Waals surface area contributed by atoms with Crippen molar-refractivity contribution in [2.45, 2.75) is 24.9 Å². The van der Waals surface area contributed by atoms with Crippen LogP contribution in [0.5, 0.6) is 0 Å². The van der Waals surface area contributed by atoms with E-state index in [2.05, 4.69) is 0 Å². The number of nitrogens with two attached hydrogens (primary N) is 1. The number of hydrogen-bond donors (Lipinski definition) is 6. The summed E-state index contributed by atoms with van der Waals surface area (Å²) in [5, 5.41) is 20.8. The van der Waals surface area contributed by atoms with E-state index in [1.807, 2.05) is 10.6 Å². The molecule has 0 saturated heterocycles. The highest BCUT2D eigenvalue weighted by Crippen LogP contribution is 1.98. The SMILES string of the molecule is N[C@@H](CCC(=O)N[C@@H](CS(=O)(=O)O)C(=O)NCC(=O)O)C(=O)O. The van der Waals surface area contributed by atoms with Crippen molar-refractivity contribution in [3.05, 3.63) is 0 Å². The van der Waals surface area contributed by atoms with Gasteiger partial charge in [0.15, 0.2) is 0 Å². The van der Waals surface area contributed by atoms with Crippen LogP contribution >= 0.6 is 0 Å². The van der Waals surface area contributed by atoms with Crippen LogP contribution in [0.3, 0.4) is 0 Å². The number of aliphatic carboxylic acids is 2. The third kappa shape index (κ3) is 10.2. The molecule has 132 valence electrons. The molecule has 0 spiro atoms. The predicted molar refractivity (Wildman–Crippen MR) is 73.8 cm³/mol. The van der Waals surface area contributed by atoms with Crippen LogP contribution in [0.25, 0.3) is 0 Å². The summed E-state index contributed by atoms with van der Waals surface area (Å²) in [6.07, 6.45) is -0.682. The fraction of sp³-hybridized carbons (Fsp3) is 0.600. The third-order valence-electron chi connectivity index (χ3n) is 2.44. The van der Waals surface area contributed by atoms with E-state index in [4.69, 9.17) is 20.5 Å². The number of rotatable bonds is 10. The minimum atomic E-state index is -4.64. The Morgan fingerprint density at radius 1 is 1.13 bits per heavy atom. The standard InChI is InChI=1S/C10H17N3O9S/c11-5(10(18)19)1-2-7(14)13-6(4-23(20,21)22)9(17)12-3-8(15)16/h5-6H,1-4,11H2,(H,12,17)(H,13,14)(H,15,16)(H,18,19)(H,20,21,22)/t5-,6-/m0/s1. The number of hydrogen-bond acceptors (Lipinski definition) is 7. The number of nitrogens with one attached hydrogen (secondary N) is 2. The smallest absolute Gasteiger partial charge is 0.322 e. The summed E-state index contributed by atoms with van der Waals surface area (Å²) < 4.78 is 30.4. The molecular weight excluding hydrogens is 338 g/mol. The van der Waals surface area contributed by atoms with Crippen LogP contribution in [-0.4, -0.2) is 71.3 Å². The van der Waals surface area contributed by atoms with Crippen molar-refractivity contribution in [1.29, 1.82) is 0 Å². The zero-order valence-corrected chi connectivity index (χ0v) is 12.6. The molecule has 0 aliphatic heterocycles. The molecule has 23 heavy (non-hydrogen) atoms. The second kappa shape index (κ2) is 9.02. The lowest BCUT2D eigenvalue weighted by Crippen LogP contribution is -2.51. The molecular formula is C10H17N3O9S. The quantitative estimate of drug-likeness (QED) is 0.215. The first-order chi connectivity index (χ1) is 10.4. The minimum Gasteiger partial charge on any atom is -0.480 e. The summed E-state index contributed by atoms with van der Waals surface area (Å²) in [5.74, 6) is -5.94. The molecule has 12 nitrogen and oxygen atoms in total. The van der Waals surface area contributed by atoms with Crippen LogP contribution in [0.1, 0.15) is 12.8 Å². The Morgan fingerprint density at radius 3 is 2.13 bits per heavy atom. The van der Waals surface area contributed by atoms with Crippen LogP contribution in [0, 0.1) is 0 Å². The van der Waals surface area contributed by atoms with E-state index in [0.29, 0.717) is 0 Å². The van der Waals surface area contributed by atoms with Crippen LogP contribution < -0.4 is 16.4 Å². The highest BCUT2D eigenvalue weighted by atomic mass is 32.2. The van der Waals surface area contributed by atoms with Gasteiger partial charge >= 0.3 is 11.9 Å². The fourth-order valence-corrected chi connectivity index (χ4v) is 2.01. The molecule has 13 heteroatoms. The summed E-state index contributed by atoms with van der Waals surface area (Å²) >= 11 is 0. The van der Waals surface area contributed by atoms with E-state index in [1.165, 1.54) is 0 Å². The number of amides is 2. The van der Waals surface area contributed by atoms with Crippen LogP contribution in [0.15, 0.2) is 0 Å². The molecule has 0 aromatic heterocycles. The summed E-state index contributed by atoms with van der Waals surface area (Å²) in [4.78, 5) is 44.0. The molecule has 2 amide bonds. The Hall–Kier alpha value is -2.25. The lowest BCUT2D eigenvalue weighted by molar-refractivity contribution is -0.139. The first-order valence-electron chi connectivity index (χ1n) is 6.14. The van der Waals surface area contributed by atoms with Gasteiger partial charge in [-0.1, -0.05) is 0 Å². The van der Waals surface area contributed by atoms with Gasteiger partial charge in [-0.2, -0.15) is 8.42 Å². The zero-order chi connectivity index (χ0) is 18.2. The van der Waals surface area contributed by atoms with Crippen molar-refractivity contribution in [1.82, 2.24) is 10.6 Å². The van der Waals surface area contributed by atoms with Crippen LogP contribution in [-0.2, 0) is 29.3 Å². The van der Waals surface area contributed by atoms with E-state index in [0.717, 1.165) is 0 Å². The predicted octanol–water partition coefficient (Wildman–Crippen LogP) is -3.25. The van der Waals surface area contributed by atoms with Crippen molar-refractivity contribution >= 4 is 33.9 Å². The normalized spacial score (nSPS) is 13.7. The van der Waals surface area contributed by atoms with Gasteiger partial charge in [0.25, 0.3) is 10.1 Å². The second-order valence-corrected chi connectivity index (χ2v) is 5.96. The molecule has 0 rings (SSSR count). The summed E-state index contributed by atoms with van der Waals surface area (Å²) in [6.45, 7) is -0.819. The molecule has 0 bridgehead atoms. The average molecular weight is 355 g/mol. The van der Waals surface area contributed by atoms with E-state index >= 15 is 0 Å². The maximum atomic E-state index is 11.6. The molecule has 2 atom stereocenters. The maximum Gasteiger partial charge on any atom is 0.322 e. The van der Waals surface area contributed by atoms with Crippen LogP contribution in [0.4, 0.5) is 0 Å². The first-order valence-corrected chi connectivity index (χ1v) is 7.75. The number of carboxylic acids is 2. The lowest BCUT2D eigenvalue weighted by atomic mass is 10.1. The number of carboxylic acid groups (broad SMARTS) is 2. The lowest BCUT2D eigenvalue weighted by Gasteiger charge is -2.17. The molecule has 0 aromatic carbocycles. The van der Waals surface area contributed by atoms with E-state index in [-0.39, 0.29) is 6.42 Å². The van der Waals surface area contributed by atoms with Crippen molar-refractivity contribution in [3.63, 3.8) is 0 Å². The molecule has 0 unspecified atom stereocenters. The van der Waals surface area contributed by atoms with E-state index in [9.17, 15) is 27.6 Å². The Kier molecular flexibility index (Phi) is 8.13. The van der Waals surface area contributed by atoms with Gasteiger partial charge in [0, 0.05) is 6.42 Å². The maximum absolute atomic E-state index is 11.6. The molecule has 0 aliphatic carbocycles. The van der Waals surface area contributed by atoms with Crippen molar-refractivity contribution < 1.29 is 42.4 Å². The molecule has 0 aliphatic rings. The van der Waals surface area contributed by atoms with Gasteiger partial charge in [-0.05, 0) is 6.42 Å². The third-order valence-corrected chi connectivity index (χ3v) is 3.20. The molecule has 0 heterocycles. The summed E-state index contributed by atoms with van der Waals surface area (Å²) in [5.41, 5.74) is 5.18. The van der Waals surface area contributed by atoms with Gasteiger partial charge in [0.05, 0.1) is 0 Å². The zero-order valence-electron chi connectivity index (χ0n) is 11.8. The average Bonchev–Trinajstić information content (AvgIpc) is 2.39. The van der Waals surface area contributed by atoms with E-state index in [1.54, 1.807) is 0 Å². The van der Waals surface area contributed by atoms with Gasteiger partial charge in [-0.25, -0.2) is 0 Å². The van der Waals surface area contributed by atoms with Crippen molar-refractivity contribution in [2.75, 3.05) is 12.3 Å². The first kappa shape index (κ1) is 20.8. The molecule has 0 saturated carbocycles. The van der Waals surface area contributed by atoms with Gasteiger partial charge in [-0.15, -0.1) is 0 Å². The van der Waals surface area contributed by atoms with Gasteiger partial charge in [0.2, 0.25) is 11.8 Å². The number of carbonyl (C=O) groups excluding carboxylic acids is 2. The highest BCUT2D eigenvalue weighted by molar-refractivity contribution is 7.85. The Balaban J connectivity index is 4.74. The summed E-state index contributed by atoms with van der Waals surface area (Å²) in [7, 11) is -4.64. The largest absolute Gasteiger partial charge is 0.480 e. The Labute approximate surface area is 130 Å². The van der Waals surface area contributed by atoms with Gasteiger partial charge < -0.3 is 26.6 Å². The monoisotopic (exact) mass is 355 g/mol. The summed E-state index contributed by atoms with van der Waals surface area (Å²) in [6, 6.07) is -3.06. The Morgan fingerprint density at radius 2 is 1.70 bits per heavy atom. The van der Waals surface area contributed by atoms with Crippen molar-refractivity contribution in [3.8, 4) is 0 Å². The van der Waals surface area contributed by atoms with Gasteiger partial charge in [0.1, 0.15) is 24.4 Å². The molecule has 0 radical (unpaired) electrons.